The van der Waals surface area contributed by atoms with Crippen LogP contribution in [0.1, 0.15) is 28.5 Å². The van der Waals surface area contributed by atoms with Crippen LogP contribution in [0.5, 0.6) is 0 Å². The molecule has 0 atom stereocenters. The van der Waals surface area contributed by atoms with Gasteiger partial charge in [0.2, 0.25) is 5.91 Å². The summed E-state index contributed by atoms with van der Waals surface area (Å²) in [5.74, 6) is -0.603. The largest absolute Gasteiger partial charge is 0.343 e. The van der Waals surface area contributed by atoms with Crippen LogP contribution in [-0.4, -0.2) is 28.1 Å². The molecule has 1 aromatic heterocycles. The predicted molar refractivity (Wildman–Crippen MR) is 113 cm³/mol. The van der Waals surface area contributed by atoms with Crippen molar-refractivity contribution in [2.24, 2.45) is 0 Å². The summed E-state index contributed by atoms with van der Waals surface area (Å²) >= 11 is 3.39. The van der Waals surface area contributed by atoms with Crippen LogP contribution < -0.4 is 10.6 Å². The smallest absolute Gasteiger partial charge is 0.255 e. The number of aryl methyl sites for hydroxylation is 1. The van der Waals surface area contributed by atoms with Crippen LogP contribution in [-0.2, 0) is 11.2 Å². The first-order valence-electron chi connectivity index (χ1n) is 8.96. The SMILES string of the molecule is CCc1c(C(=O)NCC(=O)Nc2ccc(Br)cc2C)cnn1-c1ccccc1. The van der Waals surface area contributed by atoms with E-state index in [2.05, 4.69) is 31.7 Å². The number of aromatic nitrogens is 2. The van der Waals surface area contributed by atoms with E-state index in [1.807, 2.05) is 62.4 Å². The summed E-state index contributed by atoms with van der Waals surface area (Å²) in [4.78, 5) is 24.8. The molecule has 2 amide bonds. The van der Waals surface area contributed by atoms with E-state index in [4.69, 9.17) is 0 Å². The number of benzene rings is 2. The first kappa shape index (κ1) is 19.8. The quantitative estimate of drug-likeness (QED) is 0.610. The summed E-state index contributed by atoms with van der Waals surface area (Å²) in [7, 11) is 0. The van der Waals surface area contributed by atoms with E-state index in [0.29, 0.717) is 17.7 Å². The minimum atomic E-state index is -0.318. The Morgan fingerprint density at radius 2 is 1.89 bits per heavy atom. The molecule has 0 aliphatic carbocycles. The summed E-state index contributed by atoms with van der Waals surface area (Å²) in [5, 5.41) is 9.83. The number of hydrogen-bond acceptors (Lipinski definition) is 3. The summed E-state index contributed by atoms with van der Waals surface area (Å²) < 4.78 is 2.69. The Kier molecular flexibility index (Phi) is 6.26. The molecule has 28 heavy (non-hydrogen) atoms. The van der Waals surface area contributed by atoms with Crippen LogP contribution in [0.3, 0.4) is 0 Å². The molecular formula is C21H21BrN4O2. The number of halogens is 1. The lowest BCUT2D eigenvalue weighted by atomic mass is 10.2. The number of nitrogens with zero attached hydrogens (tertiary/aromatic N) is 2. The fourth-order valence-electron chi connectivity index (χ4n) is 2.91. The average Bonchev–Trinajstić information content (AvgIpc) is 3.13. The van der Waals surface area contributed by atoms with Crippen LogP contribution in [0.4, 0.5) is 5.69 Å². The third-order valence-corrected chi connectivity index (χ3v) is 4.81. The maximum Gasteiger partial charge on any atom is 0.255 e. The predicted octanol–water partition coefficient (Wildman–Crippen LogP) is 3.87. The molecular weight excluding hydrogens is 420 g/mol. The average molecular weight is 441 g/mol. The van der Waals surface area contributed by atoms with E-state index >= 15 is 0 Å². The fourth-order valence-corrected chi connectivity index (χ4v) is 3.39. The van der Waals surface area contributed by atoms with E-state index in [1.165, 1.54) is 6.20 Å². The normalized spacial score (nSPS) is 10.5. The Balaban J connectivity index is 1.66. The third-order valence-electron chi connectivity index (χ3n) is 4.32. The van der Waals surface area contributed by atoms with Gasteiger partial charge in [-0.2, -0.15) is 5.10 Å². The minimum Gasteiger partial charge on any atom is -0.343 e. The van der Waals surface area contributed by atoms with Gasteiger partial charge in [0.1, 0.15) is 0 Å². The lowest BCUT2D eigenvalue weighted by Gasteiger charge is -2.10. The van der Waals surface area contributed by atoms with E-state index < -0.39 is 0 Å². The number of rotatable bonds is 6. The zero-order valence-electron chi connectivity index (χ0n) is 15.7. The Bertz CT molecular complexity index is 999. The zero-order chi connectivity index (χ0) is 20.1. The molecule has 0 spiro atoms. The molecule has 0 saturated carbocycles. The lowest BCUT2D eigenvalue weighted by Crippen LogP contribution is -2.33. The van der Waals surface area contributed by atoms with Gasteiger partial charge in [-0.3, -0.25) is 9.59 Å². The molecule has 0 unspecified atom stereocenters. The van der Waals surface area contributed by atoms with Crippen LogP contribution in [0.2, 0.25) is 0 Å². The second-order valence-corrected chi connectivity index (χ2v) is 7.21. The zero-order valence-corrected chi connectivity index (χ0v) is 17.3. The second-order valence-electron chi connectivity index (χ2n) is 6.30. The highest BCUT2D eigenvalue weighted by molar-refractivity contribution is 9.10. The molecule has 2 N–H and O–H groups in total. The number of carbonyl (C=O) groups excluding carboxylic acids is 2. The first-order chi connectivity index (χ1) is 13.5. The molecule has 0 radical (unpaired) electrons. The summed E-state index contributed by atoms with van der Waals surface area (Å²) in [6, 6.07) is 15.2. The molecule has 0 bridgehead atoms. The highest BCUT2D eigenvalue weighted by atomic mass is 79.9. The Morgan fingerprint density at radius 1 is 1.14 bits per heavy atom. The number of carbonyl (C=O) groups is 2. The van der Waals surface area contributed by atoms with E-state index in [-0.39, 0.29) is 18.4 Å². The lowest BCUT2D eigenvalue weighted by molar-refractivity contribution is -0.115. The van der Waals surface area contributed by atoms with Crippen molar-refractivity contribution in [3.05, 3.63) is 76.0 Å². The number of amides is 2. The van der Waals surface area contributed by atoms with Crippen molar-refractivity contribution in [2.45, 2.75) is 20.3 Å². The number of anilines is 1. The van der Waals surface area contributed by atoms with Crippen molar-refractivity contribution < 1.29 is 9.59 Å². The van der Waals surface area contributed by atoms with E-state index in [0.717, 1.165) is 21.4 Å². The van der Waals surface area contributed by atoms with Gasteiger partial charge in [0, 0.05) is 10.2 Å². The molecule has 3 aromatic rings. The van der Waals surface area contributed by atoms with Gasteiger partial charge in [0.25, 0.3) is 5.91 Å². The molecule has 1 heterocycles. The first-order valence-corrected chi connectivity index (χ1v) is 9.75. The Labute approximate surface area is 172 Å². The van der Waals surface area contributed by atoms with Gasteiger partial charge in [0.05, 0.1) is 29.7 Å². The van der Waals surface area contributed by atoms with Crippen LogP contribution in [0.15, 0.2) is 59.2 Å². The maximum atomic E-state index is 12.6. The summed E-state index contributed by atoms with van der Waals surface area (Å²) in [5.41, 5.74) is 3.81. The summed E-state index contributed by atoms with van der Waals surface area (Å²) in [6.07, 6.45) is 2.18. The highest BCUT2D eigenvalue weighted by Gasteiger charge is 2.17. The number of hydrogen-bond donors (Lipinski definition) is 2. The van der Waals surface area contributed by atoms with Crippen LogP contribution in [0, 0.1) is 6.92 Å². The Morgan fingerprint density at radius 3 is 2.57 bits per heavy atom. The molecule has 0 aliphatic heterocycles. The van der Waals surface area contributed by atoms with Gasteiger partial charge in [-0.1, -0.05) is 41.1 Å². The van der Waals surface area contributed by atoms with E-state index in [1.54, 1.807) is 4.68 Å². The van der Waals surface area contributed by atoms with Crippen molar-refractivity contribution in [2.75, 3.05) is 11.9 Å². The molecule has 2 aromatic carbocycles. The van der Waals surface area contributed by atoms with Crippen LogP contribution in [0.25, 0.3) is 5.69 Å². The minimum absolute atomic E-state index is 0.117. The van der Waals surface area contributed by atoms with Crippen molar-refractivity contribution >= 4 is 33.4 Å². The highest BCUT2D eigenvalue weighted by Crippen LogP contribution is 2.20. The van der Waals surface area contributed by atoms with Crippen molar-refractivity contribution in [1.29, 1.82) is 0 Å². The van der Waals surface area contributed by atoms with Crippen LogP contribution >= 0.6 is 15.9 Å². The third kappa shape index (κ3) is 4.48. The van der Waals surface area contributed by atoms with Gasteiger partial charge in [-0.05, 0) is 49.2 Å². The molecule has 0 fully saturated rings. The molecule has 7 heteroatoms. The molecule has 0 saturated heterocycles. The molecule has 144 valence electrons. The molecule has 6 nitrogen and oxygen atoms in total. The Hall–Kier alpha value is -2.93. The molecule has 3 rings (SSSR count). The molecule has 0 aliphatic rings. The number of nitrogens with one attached hydrogen (secondary N) is 2. The van der Waals surface area contributed by atoms with E-state index in [9.17, 15) is 9.59 Å². The maximum absolute atomic E-state index is 12.6. The van der Waals surface area contributed by atoms with Gasteiger partial charge < -0.3 is 10.6 Å². The number of para-hydroxylation sites is 1. The standard InChI is InChI=1S/C21H21BrN4O2/c1-3-19-17(12-24-26(19)16-7-5-4-6-8-16)21(28)23-13-20(27)25-18-10-9-15(22)11-14(18)2/h4-12H,3,13H2,1-2H3,(H,23,28)(H,25,27). The second kappa shape index (κ2) is 8.84. The van der Waals surface area contributed by atoms with Gasteiger partial charge in [-0.15, -0.1) is 0 Å². The van der Waals surface area contributed by atoms with Gasteiger partial charge >= 0.3 is 0 Å². The topological polar surface area (TPSA) is 76.0 Å². The van der Waals surface area contributed by atoms with Crippen molar-refractivity contribution in [1.82, 2.24) is 15.1 Å². The fraction of sp³-hybridized carbons (Fsp3) is 0.190. The monoisotopic (exact) mass is 440 g/mol. The summed E-state index contributed by atoms with van der Waals surface area (Å²) in [6.45, 7) is 3.76. The van der Waals surface area contributed by atoms with Crippen molar-refractivity contribution in [3.63, 3.8) is 0 Å². The van der Waals surface area contributed by atoms with Gasteiger partial charge in [0.15, 0.2) is 0 Å². The van der Waals surface area contributed by atoms with Gasteiger partial charge in [-0.25, -0.2) is 4.68 Å². The van der Waals surface area contributed by atoms with Crippen molar-refractivity contribution in [3.8, 4) is 5.69 Å².